The third kappa shape index (κ3) is 2.97. The van der Waals surface area contributed by atoms with Gasteiger partial charge in [-0.25, -0.2) is 0 Å². The molecular formula is C18H19N3. The zero-order valence-corrected chi connectivity index (χ0v) is 12.1. The lowest BCUT2D eigenvalue weighted by molar-refractivity contribution is 0.791. The van der Waals surface area contributed by atoms with E-state index in [1.165, 1.54) is 5.56 Å². The molecule has 1 aromatic heterocycles. The number of hydrogen-bond donors (Lipinski definition) is 2. The van der Waals surface area contributed by atoms with Gasteiger partial charge in [0.05, 0.1) is 16.9 Å². The van der Waals surface area contributed by atoms with Crippen molar-refractivity contribution in [3.8, 4) is 0 Å². The number of pyridine rings is 1. The van der Waals surface area contributed by atoms with Crippen LogP contribution in [-0.2, 0) is 6.42 Å². The van der Waals surface area contributed by atoms with E-state index >= 15 is 0 Å². The average Bonchev–Trinajstić information content (AvgIpc) is 2.51. The molecule has 106 valence electrons. The molecule has 0 amide bonds. The molecule has 0 fully saturated rings. The lowest BCUT2D eigenvalue weighted by atomic mass is 10.1. The molecule has 3 aromatic rings. The fraction of sp³-hybridized carbons (Fsp3) is 0.167. The van der Waals surface area contributed by atoms with Gasteiger partial charge in [-0.2, -0.15) is 0 Å². The number of fused-ring (bicyclic) bond motifs is 1. The highest BCUT2D eigenvalue weighted by atomic mass is 14.9. The fourth-order valence-corrected chi connectivity index (χ4v) is 2.59. The Labute approximate surface area is 124 Å². The Morgan fingerprint density at radius 3 is 2.67 bits per heavy atom. The van der Waals surface area contributed by atoms with E-state index < -0.39 is 0 Å². The number of hydrogen-bond acceptors (Lipinski definition) is 3. The summed E-state index contributed by atoms with van der Waals surface area (Å²) in [6.45, 7) is 2.17. The van der Waals surface area contributed by atoms with Gasteiger partial charge in [-0.15, -0.1) is 0 Å². The fourth-order valence-electron chi connectivity index (χ4n) is 2.59. The number of anilines is 2. The Morgan fingerprint density at radius 2 is 1.86 bits per heavy atom. The molecule has 3 nitrogen and oxygen atoms in total. The van der Waals surface area contributed by atoms with Crippen LogP contribution in [0.3, 0.4) is 0 Å². The molecule has 3 N–H and O–H groups in total. The minimum atomic E-state index is 0.309. The van der Waals surface area contributed by atoms with Crippen LogP contribution in [0.1, 0.15) is 12.5 Å². The van der Waals surface area contributed by atoms with Crippen LogP contribution in [0.2, 0.25) is 0 Å². The third-order valence-corrected chi connectivity index (χ3v) is 3.61. The summed E-state index contributed by atoms with van der Waals surface area (Å²) in [5.41, 5.74) is 10.2. The van der Waals surface area contributed by atoms with Crippen molar-refractivity contribution in [1.82, 2.24) is 4.98 Å². The first kappa shape index (κ1) is 13.4. The number of rotatable bonds is 4. The summed E-state index contributed by atoms with van der Waals surface area (Å²) in [5.74, 6) is 0. The normalized spacial score (nSPS) is 12.2. The van der Waals surface area contributed by atoms with Gasteiger partial charge in [0.15, 0.2) is 0 Å². The van der Waals surface area contributed by atoms with Crippen LogP contribution < -0.4 is 11.1 Å². The first-order valence-electron chi connectivity index (χ1n) is 7.18. The number of nitrogens with one attached hydrogen (secondary N) is 1. The predicted octanol–water partition coefficient (Wildman–Crippen LogP) is 3.86. The largest absolute Gasteiger partial charge is 0.397 e. The maximum absolute atomic E-state index is 6.26. The molecule has 0 aliphatic rings. The van der Waals surface area contributed by atoms with E-state index in [1.807, 2.05) is 30.3 Å². The highest BCUT2D eigenvalue weighted by Crippen LogP contribution is 2.28. The molecule has 0 saturated heterocycles. The topological polar surface area (TPSA) is 50.9 Å². The summed E-state index contributed by atoms with van der Waals surface area (Å²) in [6, 6.07) is 18.7. The Kier molecular flexibility index (Phi) is 3.73. The number of nitrogens with zero attached hydrogens (tertiary/aromatic N) is 1. The van der Waals surface area contributed by atoms with Crippen LogP contribution in [0.15, 0.2) is 60.8 Å². The van der Waals surface area contributed by atoms with Gasteiger partial charge in [0.2, 0.25) is 0 Å². The standard InChI is InChI=1S/C18H19N3/c1-13(12-14-6-3-2-4-7-14)21-17-10-9-16-15(18(17)19)8-5-11-20-16/h2-11,13,21H,12,19H2,1H3. The van der Waals surface area contributed by atoms with Gasteiger partial charge in [-0.1, -0.05) is 30.3 Å². The minimum absolute atomic E-state index is 0.309. The maximum Gasteiger partial charge on any atom is 0.0724 e. The molecule has 0 spiro atoms. The number of aromatic nitrogens is 1. The maximum atomic E-state index is 6.26. The Bertz CT molecular complexity index is 738. The molecule has 0 radical (unpaired) electrons. The van der Waals surface area contributed by atoms with Crippen molar-refractivity contribution in [3.63, 3.8) is 0 Å². The highest BCUT2D eigenvalue weighted by Gasteiger charge is 2.08. The summed E-state index contributed by atoms with van der Waals surface area (Å²) in [5, 5.41) is 4.49. The van der Waals surface area contributed by atoms with Gasteiger partial charge in [0.1, 0.15) is 0 Å². The Balaban J connectivity index is 1.80. The van der Waals surface area contributed by atoms with Gasteiger partial charge >= 0.3 is 0 Å². The first-order chi connectivity index (χ1) is 10.2. The van der Waals surface area contributed by atoms with Crippen molar-refractivity contribution in [1.29, 1.82) is 0 Å². The lowest BCUT2D eigenvalue weighted by Crippen LogP contribution is -2.19. The van der Waals surface area contributed by atoms with E-state index in [4.69, 9.17) is 5.73 Å². The van der Waals surface area contributed by atoms with Crippen molar-refractivity contribution in [2.75, 3.05) is 11.1 Å². The van der Waals surface area contributed by atoms with Crippen molar-refractivity contribution < 1.29 is 0 Å². The minimum Gasteiger partial charge on any atom is -0.397 e. The number of benzene rings is 2. The van der Waals surface area contributed by atoms with Crippen LogP contribution in [0.25, 0.3) is 10.9 Å². The molecule has 1 atom stereocenters. The average molecular weight is 277 g/mol. The second-order valence-corrected chi connectivity index (χ2v) is 5.33. The van der Waals surface area contributed by atoms with E-state index in [0.717, 1.165) is 28.7 Å². The second-order valence-electron chi connectivity index (χ2n) is 5.33. The molecule has 0 bridgehead atoms. The van der Waals surface area contributed by atoms with Crippen LogP contribution in [0.5, 0.6) is 0 Å². The molecule has 1 heterocycles. The SMILES string of the molecule is CC(Cc1ccccc1)Nc1ccc2ncccc2c1N. The van der Waals surface area contributed by atoms with E-state index in [1.54, 1.807) is 6.20 Å². The number of nitrogen functional groups attached to an aromatic ring is 1. The summed E-state index contributed by atoms with van der Waals surface area (Å²) in [7, 11) is 0. The molecule has 3 rings (SSSR count). The summed E-state index contributed by atoms with van der Waals surface area (Å²) in [4.78, 5) is 4.32. The molecule has 2 aromatic carbocycles. The smallest absolute Gasteiger partial charge is 0.0724 e. The molecule has 0 saturated carbocycles. The zero-order chi connectivity index (χ0) is 14.7. The van der Waals surface area contributed by atoms with E-state index in [9.17, 15) is 0 Å². The Morgan fingerprint density at radius 1 is 1.05 bits per heavy atom. The van der Waals surface area contributed by atoms with Crippen LogP contribution in [0, 0.1) is 0 Å². The highest BCUT2D eigenvalue weighted by molar-refractivity contribution is 5.96. The molecule has 0 aliphatic heterocycles. The molecule has 1 unspecified atom stereocenters. The van der Waals surface area contributed by atoms with Crippen LogP contribution >= 0.6 is 0 Å². The first-order valence-corrected chi connectivity index (χ1v) is 7.18. The van der Waals surface area contributed by atoms with Crippen molar-refractivity contribution in [2.24, 2.45) is 0 Å². The van der Waals surface area contributed by atoms with E-state index in [0.29, 0.717) is 6.04 Å². The van der Waals surface area contributed by atoms with Gasteiger partial charge in [0, 0.05) is 17.6 Å². The van der Waals surface area contributed by atoms with Gasteiger partial charge in [-0.05, 0) is 43.2 Å². The van der Waals surface area contributed by atoms with Gasteiger partial charge in [-0.3, -0.25) is 4.98 Å². The third-order valence-electron chi connectivity index (χ3n) is 3.61. The quantitative estimate of drug-likeness (QED) is 0.712. The second kappa shape index (κ2) is 5.83. The lowest BCUT2D eigenvalue weighted by Gasteiger charge is -2.17. The predicted molar refractivity (Wildman–Crippen MR) is 89.4 cm³/mol. The van der Waals surface area contributed by atoms with Crippen molar-refractivity contribution in [2.45, 2.75) is 19.4 Å². The van der Waals surface area contributed by atoms with Gasteiger partial charge < -0.3 is 11.1 Å². The van der Waals surface area contributed by atoms with Crippen molar-refractivity contribution >= 4 is 22.3 Å². The summed E-state index contributed by atoms with van der Waals surface area (Å²) in [6.07, 6.45) is 2.75. The summed E-state index contributed by atoms with van der Waals surface area (Å²) >= 11 is 0. The van der Waals surface area contributed by atoms with E-state index in [2.05, 4.69) is 41.5 Å². The molecular weight excluding hydrogens is 258 g/mol. The van der Waals surface area contributed by atoms with Gasteiger partial charge in [0.25, 0.3) is 0 Å². The zero-order valence-electron chi connectivity index (χ0n) is 12.1. The number of nitrogens with two attached hydrogens (primary N) is 1. The summed E-state index contributed by atoms with van der Waals surface area (Å²) < 4.78 is 0. The molecule has 3 heteroatoms. The van der Waals surface area contributed by atoms with Crippen molar-refractivity contribution in [3.05, 3.63) is 66.4 Å². The van der Waals surface area contributed by atoms with Crippen LogP contribution in [-0.4, -0.2) is 11.0 Å². The van der Waals surface area contributed by atoms with E-state index in [-0.39, 0.29) is 0 Å². The molecule has 0 aliphatic carbocycles. The van der Waals surface area contributed by atoms with Crippen LogP contribution in [0.4, 0.5) is 11.4 Å². The molecule has 21 heavy (non-hydrogen) atoms. The monoisotopic (exact) mass is 277 g/mol. The Hall–Kier alpha value is -2.55.